The first kappa shape index (κ1) is 25.8. The van der Waals surface area contributed by atoms with Crippen molar-refractivity contribution in [3.8, 4) is 0 Å². The lowest BCUT2D eigenvalue weighted by atomic mass is 9.98. The zero-order chi connectivity index (χ0) is 20.6. The van der Waals surface area contributed by atoms with Crippen LogP contribution in [0.3, 0.4) is 0 Å². The molecule has 1 rings (SSSR count). The van der Waals surface area contributed by atoms with Gasteiger partial charge in [-0.25, -0.2) is 0 Å². The van der Waals surface area contributed by atoms with E-state index in [0.29, 0.717) is 33.0 Å². The summed E-state index contributed by atoms with van der Waals surface area (Å²) < 4.78 is 30.1. The molecule has 2 unspecified atom stereocenters. The third-order valence-corrected chi connectivity index (χ3v) is 4.96. The molecule has 0 aromatic rings. The maximum Gasteiger partial charge on any atom is 0.184 e. The molecular formula is C22H44O6. The lowest BCUT2D eigenvalue weighted by Crippen LogP contribution is -2.61. The first-order chi connectivity index (χ1) is 13.7. The minimum absolute atomic E-state index is 0.306. The van der Waals surface area contributed by atoms with Gasteiger partial charge in [0.2, 0.25) is 0 Å². The van der Waals surface area contributed by atoms with Crippen LogP contribution >= 0.6 is 0 Å². The van der Waals surface area contributed by atoms with Gasteiger partial charge in [0, 0.05) is 26.4 Å². The summed E-state index contributed by atoms with van der Waals surface area (Å²) in [6, 6.07) is 0. The molecule has 0 amide bonds. The lowest BCUT2D eigenvalue weighted by molar-refractivity contribution is -0.312. The summed E-state index contributed by atoms with van der Waals surface area (Å²) in [6.45, 7) is 11.5. The van der Waals surface area contributed by atoms with Crippen LogP contribution in [0.25, 0.3) is 0 Å². The molecule has 0 radical (unpaired) electrons. The van der Waals surface area contributed by atoms with E-state index >= 15 is 0 Å². The second-order valence-electron chi connectivity index (χ2n) is 7.56. The zero-order valence-electron chi connectivity index (χ0n) is 18.6. The third-order valence-electron chi connectivity index (χ3n) is 4.96. The molecule has 0 bridgehead atoms. The number of ether oxygens (including phenoxy) is 5. The molecule has 6 nitrogen and oxygen atoms in total. The zero-order valence-corrected chi connectivity index (χ0v) is 18.6. The third kappa shape index (κ3) is 9.51. The van der Waals surface area contributed by atoms with Crippen LogP contribution in [0, 0.1) is 0 Å². The smallest absolute Gasteiger partial charge is 0.184 e. The van der Waals surface area contributed by atoms with Gasteiger partial charge in [-0.05, 0) is 25.7 Å². The second kappa shape index (κ2) is 16.5. The van der Waals surface area contributed by atoms with Crippen molar-refractivity contribution in [3.05, 3.63) is 0 Å². The predicted molar refractivity (Wildman–Crippen MR) is 111 cm³/mol. The highest BCUT2D eigenvalue weighted by Crippen LogP contribution is 2.28. The van der Waals surface area contributed by atoms with Gasteiger partial charge in [0.25, 0.3) is 0 Å². The van der Waals surface area contributed by atoms with Gasteiger partial charge < -0.3 is 28.8 Å². The minimum atomic E-state index is -1.03. The SMILES string of the molecule is CCCCOCC1O[C@@H](O)C(OCCCC)[C@H](OCCCC)[C@@H]1OCCCC. The Bertz CT molecular complexity index is 354. The van der Waals surface area contributed by atoms with Gasteiger partial charge in [0.15, 0.2) is 6.29 Å². The van der Waals surface area contributed by atoms with Crippen molar-refractivity contribution in [2.24, 2.45) is 0 Å². The Labute approximate surface area is 172 Å². The Kier molecular flexibility index (Phi) is 15.2. The van der Waals surface area contributed by atoms with Crippen LogP contribution in [0.5, 0.6) is 0 Å². The Hall–Kier alpha value is -0.240. The Morgan fingerprint density at radius 1 is 0.643 bits per heavy atom. The van der Waals surface area contributed by atoms with Crippen molar-refractivity contribution >= 4 is 0 Å². The van der Waals surface area contributed by atoms with E-state index in [2.05, 4.69) is 27.7 Å². The summed E-state index contributed by atoms with van der Waals surface area (Å²) in [5, 5.41) is 10.6. The van der Waals surface area contributed by atoms with Crippen molar-refractivity contribution < 1.29 is 28.8 Å². The summed E-state index contributed by atoms with van der Waals surface area (Å²) in [6.07, 6.45) is 5.53. The summed E-state index contributed by atoms with van der Waals surface area (Å²) in [7, 11) is 0. The Morgan fingerprint density at radius 2 is 1.11 bits per heavy atom. The van der Waals surface area contributed by atoms with Crippen LogP contribution in [0.1, 0.15) is 79.1 Å². The van der Waals surface area contributed by atoms with Crippen molar-refractivity contribution in [2.45, 2.75) is 110 Å². The molecule has 6 heteroatoms. The topological polar surface area (TPSA) is 66.4 Å². The van der Waals surface area contributed by atoms with Gasteiger partial charge in [0.05, 0.1) is 6.61 Å². The highest BCUT2D eigenvalue weighted by atomic mass is 16.7. The molecule has 0 aromatic carbocycles. The van der Waals surface area contributed by atoms with Gasteiger partial charge in [-0.2, -0.15) is 0 Å². The largest absolute Gasteiger partial charge is 0.379 e. The highest BCUT2D eigenvalue weighted by molar-refractivity contribution is 4.92. The molecule has 0 spiro atoms. The fourth-order valence-corrected chi connectivity index (χ4v) is 3.13. The van der Waals surface area contributed by atoms with Gasteiger partial charge in [0.1, 0.15) is 24.4 Å². The first-order valence-electron chi connectivity index (χ1n) is 11.5. The standard InChI is InChI=1S/C22H44O6/c1-5-9-13-24-17-18-19(25-14-10-6-2)20(26-15-11-7-3)21(22(23)28-18)27-16-12-8-4/h18-23H,5-17H2,1-4H3/t18?,19-,20-,21?,22-/m1/s1. The summed E-state index contributed by atoms with van der Waals surface area (Å²) in [5.74, 6) is 0. The van der Waals surface area contributed by atoms with Crippen LogP contribution in [0.4, 0.5) is 0 Å². The average molecular weight is 405 g/mol. The number of hydrogen-bond acceptors (Lipinski definition) is 6. The maximum absolute atomic E-state index is 10.6. The van der Waals surface area contributed by atoms with E-state index in [1.165, 1.54) is 0 Å². The number of rotatable bonds is 17. The molecule has 28 heavy (non-hydrogen) atoms. The predicted octanol–water partition coefficient (Wildman–Crippen LogP) is 4.08. The lowest BCUT2D eigenvalue weighted by Gasteiger charge is -2.44. The van der Waals surface area contributed by atoms with Gasteiger partial charge in [-0.15, -0.1) is 0 Å². The molecule has 1 N–H and O–H groups in total. The molecule has 5 atom stereocenters. The molecule has 1 aliphatic rings. The first-order valence-corrected chi connectivity index (χ1v) is 11.5. The maximum atomic E-state index is 10.6. The molecule has 0 aromatic heterocycles. The van der Waals surface area contributed by atoms with E-state index in [0.717, 1.165) is 51.4 Å². The minimum Gasteiger partial charge on any atom is -0.379 e. The molecule has 1 fully saturated rings. The Morgan fingerprint density at radius 3 is 1.64 bits per heavy atom. The normalized spacial score (nSPS) is 28.0. The fourth-order valence-electron chi connectivity index (χ4n) is 3.13. The quantitative estimate of drug-likeness (QED) is 0.369. The number of unbranched alkanes of at least 4 members (excludes halogenated alkanes) is 4. The summed E-state index contributed by atoms with van der Waals surface area (Å²) in [5.41, 5.74) is 0. The highest BCUT2D eigenvalue weighted by Gasteiger charge is 2.47. The van der Waals surface area contributed by atoms with Crippen LogP contribution in [-0.2, 0) is 23.7 Å². The van der Waals surface area contributed by atoms with Crippen LogP contribution in [0.2, 0.25) is 0 Å². The Balaban J connectivity index is 2.84. The molecule has 1 heterocycles. The van der Waals surface area contributed by atoms with Crippen LogP contribution in [-0.4, -0.2) is 68.8 Å². The van der Waals surface area contributed by atoms with Gasteiger partial charge in [-0.3, -0.25) is 0 Å². The summed E-state index contributed by atoms with van der Waals surface area (Å²) in [4.78, 5) is 0. The molecule has 0 saturated carbocycles. The molecule has 168 valence electrons. The second-order valence-corrected chi connectivity index (χ2v) is 7.56. The van der Waals surface area contributed by atoms with Crippen molar-refractivity contribution in [1.82, 2.24) is 0 Å². The molecule has 0 aliphatic carbocycles. The van der Waals surface area contributed by atoms with E-state index in [4.69, 9.17) is 23.7 Å². The number of aliphatic hydroxyl groups is 1. The van der Waals surface area contributed by atoms with Crippen molar-refractivity contribution in [1.29, 1.82) is 0 Å². The number of aliphatic hydroxyl groups excluding tert-OH is 1. The van der Waals surface area contributed by atoms with Crippen molar-refractivity contribution in [3.63, 3.8) is 0 Å². The van der Waals surface area contributed by atoms with E-state index in [1.807, 2.05) is 0 Å². The van der Waals surface area contributed by atoms with Gasteiger partial charge >= 0.3 is 0 Å². The van der Waals surface area contributed by atoms with E-state index in [9.17, 15) is 5.11 Å². The van der Waals surface area contributed by atoms with Crippen LogP contribution in [0.15, 0.2) is 0 Å². The fraction of sp³-hybridized carbons (Fsp3) is 1.00. The summed E-state index contributed by atoms with van der Waals surface area (Å²) >= 11 is 0. The van der Waals surface area contributed by atoms with E-state index in [1.54, 1.807) is 0 Å². The molecule has 1 saturated heterocycles. The van der Waals surface area contributed by atoms with Crippen LogP contribution < -0.4 is 0 Å². The molecular weight excluding hydrogens is 360 g/mol. The van der Waals surface area contributed by atoms with E-state index < -0.39 is 12.4 Å². The van der Waals surface area contributed by atoms with E-state index in [-0.39, 0.29) is 18.3 Å². The van der Waals surface area contributed by atoms with Gasteiger partial charge in [-0.1, -0.05) is 53.4 Å². The molecule has 1 aliphatic heterocycles. The monoisotopic (exact) mass is 404 g/mol. The van der Waals surface area contributed by atoms with Crippen molar-refractivity contribution in [2.75, 3.05) is 33.0 Å². The average Bonchev–Trinajstić information content (AvgIpc) is 2.69. The number of hydrogen-bond donors (Lipinski definition) is 1.